The van der Waals surface area contributed by atoms with E-state index in [1.165, 1.54) is 6.92 Å². The van der Waals surface area contributed by atoms with Gasteiger partial charge in [-0.1, -0.05) is 18.2 Å². The minimum atomic E-state index is -1.14. The molecule has 0 radical (unpaired) electrons. The molecule has 0 fully saturated rings. The molecule has 0 saturated heterocycles. The Balaban J connectivity index is 1.85. The van der Waals surface area contributed by atoms with Gasteiger partial charge in [-0.05, 0) is 56.5 Å². The van der Waals surface area contributed by atoms with Crippen molar-refractivity contribution in [2.75, 3.05) is 0 Å². The van der Waals surface area contributed by atoms with Gasteiger partial charge >= 0.3 is 6.09 Å². The smallest absolute Gasteiger partial charge is 0.410 e. The summed E-state index contributed by atoms with van der Waals surface area (Å²) < 4.78 is 19.3. The number of halogens is 1. The van der Waals surface area contributed by atoms with E-state index < -0.39 is 11.8 Å². The fraction of sp³-hybridized carbons (Fsp3) is 0.400. The van der Waals surface area contributed by atoms with Gasteiger partial charge in [0.2, 0.25) is 0 Å². The highest BCUT2D eigenvalue weighted by Crippen LogP contribution is 2.32. The fourth-order valence-electron chi connectivity index (χ4n) is 3.00. The molecular formula is C20H23FN2O2. The summed E-state index contributed by atoms with van der Waals surface area (Å²) in [4.78, 5) is 18.1. The number of rotatable bonds is 2. The highest BCUT2D eigenvalue weighted by atomic mass is 19.1. The number of nitrogens with zero attached hydrogens (tertiary/aromatic N) is 2. The van der Waals surface area contributed by atoms with E-state index in [1.54, 1.807) is 17.2 Å². The standard InChI is InChI=1S/C20H23FN2O2/c1-13(21)18-17(6-5-9-22-18)14-7-8-15-11-23(12-16(15)10-14)19(24)25-20(2,3)4/h5-10,13H,11-12H2,1-4H3. The van der Waals surface area contributed by atoms with Crippen LogP contribution in [-0.4, -0.2) is 21.6 Å². The van der Waals surface area contributed by atoms with Crippen molar-refractivity contribution in [2.45, 2.75) is 52.6 Å². The van der Waals surface area contributed by atoms with E-state index in [-0.39, 0.29) is 6.09 Å². The van der Waals surface area contributed by atoms with Crippen LogP contribution in [0.4, 0.5) is 9.18 Å². The molecule has 5 heteroatoms. The maximum Gasteiger partial charge on any atom is 0.410 e. The number of hydrogen-bond acceptors (Lipinski definition) is 3. The average molecular weight is 342 g/mol. The minimum absolute atomic E-state index is 0.315. The second-order valence-electron chi connectivity index (χ2n) is 7.37. The molecule has 1 atom stereocenters. The number of amides is 1. The van der Waals surface area contributed by atoms with Gasteiger partial charge in [0.05, 0.1) is 5.69 Å². The lowest BCUT2D eigenvalue weighted by molar-refractivity contribution is 0.0242. The Morgan fingerprint density at radius 3 is 2.64 bits per heavy atom. The van der Waals surface area contributed by atoms with Gasteiger partial charge in [-0.25, -0.2) is 9.18 Å². The molecule has 1 aliphatic heterocycles. The molecule has 1 unspecified atom stereocenters. The van der Waals surface area contributed by atoms with Crippen LogP contribution in [0.1, 0.15) is 50.7 Å². The van der Waals surface area contributed by atoms with Crippen molar-refractivity contribution in [3.63, 3.8) is 0 Å². The van der Waals surface area contributed by atoms with Crippen LogP contribution < -0.4 is 0 Å². The third-order valence-electron chi connectivity index (χ3n) is 4.11. The normalized spacial score (nSPS) is 15.0. The number of carbonyl (C=O) groups excluding carboxylic acids is 1. The molecule has 1 aromatic carbocycles. The molecular weight excluding hydrogens is 319 g/mol. The van der Waals surface area contributed by atoms with Crippen LogP contribution in [0.2, 0.25) is 0 Å². The van der Waals surface area contributed by atoms with Crippen LogP contribution in [0, 0.1) is 0 Å². The molecule has 0 aliphatic carbocycles. The third kappa shape index (κ3) is 3.81. The molecule has 1 aliphatic rings. The van der Waals surface area contributed by atoms with Crippen molar-refractivity contribution in [2.24, 2.45) is 0 Å². The largest absolute Gasteiger partial charge is 0.444 e. The average Bonchev–Trinajstić information content (AvgIpc) is 2.96. The highest BCUT2D eigenvalue weighted by molar-refractivity contribution is 5.71. The van der Waals surface area contributed by atoms with E-state index in [9.17, 15) is 9.18 Å². The Hall–Kier alpha value is -2.43. The van der Waals surface area contributed by atoms with Crippen molar-refractivity contribution in [1.29, 1.82) is 0 Å². The van der Waals surface area contributed by atoms with E-state index in [2.05, 4.69) is 4.98 Å². The van der Waals surface area contributed by atoms with E-state index in [1.807, 2.05) is 45.0 Å². The predicted octanol–water partition coefficient (Wildman–Crippen LogP) is 5.03. The molecule has 1 aromatic heterocycles. The predicted molar refractivity (Wildman–Crippen MR) is 94.7 cm³/mol. The zero-order valence-corrected chi connectivity index (χ0v) is 15.0. The quantitative estimate of drug-likeness (QED) is 0.769. The number of hydrogen-bond donors (Lipinski definition) is 0. The number of aromatic nitrogens is 1. The molecule has 0 N–H and O–H groups in total. The van der Waals surface area contributed by atoms with E-state index in [4.69, 9.17) is 4.74 Å². The van der Waals surface area contributed by atoms with Crippen LogP contribution in [0.15, 0.2) is 36.5 Å². The lowest BCUT2D eigenvalue weighted by Gasteiger charge is -2.24. The van der Waals surface area contributed by atoms with Crippen LogP contribution in [-0.2, 0) is 17.8 Å². The number of benzene rings is 1. The molecule has 25 heavy (non-hydrogen) atoms. The summed E-state index contributed by atoms with van der Waals surface area (Å²) in [5, 5.41) is 0. The van der Waals surface area contributed by atoms with Crippen molar-refractivity contribution in [3.8, 4) is 11.1 Å². The molecule has 0 saturated carbocycles. The lowest BCUT2D eigenvalue weighted by Crippen LogP contribution is -2.33. The first kappa shape index (κ1) is 17.4. The Morgan fingerprint density at radius 1 is 1.24 bits per heavy atom. The number of carbonyl (C=O) groups is 1. The summed E-state index contributed by atoms with van der Waals surface area (Å²) in [6.45, 7) is 8.09. The maximum atomic E-state index is 13.8. The van der Waals surface area contributed by atoms with Crippen LogP contribution in [0.5, 0.6) is 0 Å². The molecule has 4 nitrogen and oxygen atoms in total. The molecule has 1 amide bonds. The summed E-state index contributed by atoms with van der Waals surface area (Å²) in [5.74, 6) is 0. The van der Waals surface area contributed by atoms with Crippen molar-refractivity contribution >= 4 is 6.09 Å². The Bertz CT molecular complexity index is 797. The topological polar surface area (TPSA) is 42.4 Å². The minimum Gasteiger partial charge on any atom is -0.444 e. The second-order valence-corrected chi connectivity index (χ2v) is 7.37. The number of ether oxygens (including phenoxy) is 1. The summed E-state index contributed by atoms with van der Waals surface area (Å²) in [6.07, 6.45) is 0.152. The Morgan fingerprint density at radius 2 is 1.96 bits per heavy atom. The molecule has 0 spiro atoms. The fourth-order valence-corrected chi connectivity index (χ4v) is 3.00. The summed E-state index contributed by atoms with van der Waals surface area (Å²) in [6, 6.07) is 9.65. The van der Waals surface area contributed by atoms with E-state index in [0.29, 0.717) is 18.8 Å². The number of alkyl halides is 1. The van der Waals surface area contributed by atoms with Gasteiger partial charge in [0.15, 0.2) is 0 Å². The van der Waals surface area contributed by atoms with E-state index >= 15 is 0 Å². The van der Waals surface area contributed by atoms with Gasteiger partial charge in [0, 0.05) is 24.8 Å². The maximum absolute atomic E-state index is 13.8. The molecule has 2 aromatic rings. The third-order valence-corrected chi connectivity index (χ3v) is 4.11. The zero-order valence-electron chi connectivity index (χ0n) is 15.0. The molecule has 3 rings (SSSR count). The van der Waals surface area contributed by atoms with Crippen LogP contribution >= 0.6 is 0 Å². The van der Waals surface area contributed by atoms with E-state index in [0.717, 1.165) is 22.3 Å². The summed E-state index contributed by atoms with van der Waals surface area (Å²) in [5.41, 5.74) is 3.77. The molecule has 132 valence electrons. The lowest BCUT2D eigenvalue weighted by atomic mass is 9.98. The molecule has 2 heterocycles. The Labute approximate surface area is 147 Å². The molecule has 0 bridgehead atoms. The van der Waals surface area contributed by atoms with Gasteiger partial charge in [0.25, 0.3) is 0 Å². The summed E-state index contributed by atoms with van der Waals surface area (Å²) in [7, 11) is 0. The zero-order chi connectivity index (χ0) is 18.2. The van der Waals surface area contributed by atoms with Gasteiger partial charge in [-0.15, -0.1) is 0 Å². The monoisotopic (exact) mass is 342 g/mol. The second kappa shape index (κ2) is 6.47. The SMILES string of the molecule is CC(F)c1ncccc1-c1ccc2c(c1)CN(C(=O)OC(C)(C)C)C2. The van der Waals surface area contributed by atoms with Crippen molar-refractivity contribution in [3.05, 3.63) is 53.3 Å². The van der Waals surface area contributed by atoms with Gasteiger partial charge < -0.3 is 4.74 Å². The van der Waals surface area contributed by atoms with Gasteiger partial charge in [-0.2, -0.15) is 0 Å². The van der Waals surface area contributed by atoms with Gasteiger partial charge in [0.1, 0.15) is 11.8 Å². The Kier molecular flexibility index (Phi) is 4.50. The number of pyridine rings is 1. The summed E-state index contributed by atoms with van der Waals surface area (Å²) >= 11 is 0. The first-order valence-corrected chi connectivity index (χ1v) is 8.43. The van der Waals surface area contributed by atoms with Crippen LogP contribution in [0.25, 0.3) is 11.1 Å². The van der Waals surface area contributed by atoms with Crippen molar-refractivity contribution in [1.82, 2.24) is 9.88 Å². The number of fused-ring (bicyclic) bond motifs is 1. The van der Waals surface area contributed by atoms with Crippen LogP contribution in [0.3, 0.4) is 0 Å². The first-order valence-electron chi connectivity index (χ1n) is 8.43. The first-order chi connectivity index (χ1) is 11.7. The van der Waals surface area contributed by atoms with Gasteiger partial charge in [-0.3, -0.25) is 9.88 Å². The highest BCUT2D eigenvalue weighted by Gasteiger charge is 2.28. The van der Waals surface area contributed by atoms with Crippen molar-refractivity contribution < 1.29 is 13.9 Å².